The lowest BCUT2D eigenvalue weighted by molar-refractivity contribution is -0.111. The molecule has 0 saturated carbocycles. The zero-order valence-electron chi connectivity index (χ0n) is 10.6. The van der Waals surface area contributed by atoms with Crippen molar-refractivity contribution in [3.8, 4) is 0 Å². The molecule has 0 atom stereocenters. The Labute approximate surface area is 117 Å². The molecule has 2 aromatic rings. The second-order valence-corrected chi connectivity index (χ2v) is 6.54. The molecule has 0 aromatic heterocycles. The molecule has 1 heterocycles. The molecule has 0 unspecified atom stereocenters. The summed E-state index contributed by atoms with van der Waals surface area (Å²) < 4.78 is 24.6. The SMILES string of the molecule is O=C1CS(=O)(=O)C(c2ccccc2)=C1c1ccccc1. The molecule has 0 bridgehead atoms. The summed E-state index contributed by atoms with van der Waals surface area (Å²) in [5.74, 6) is -0.781. The predicted molar refractivity (Wildman–Crippen MR) is 78.5 cm³/mol. The largest absolute Gasteiger partial charge is 0.293 e. The number of hydrogen-bond donors (Lipinski definition) is 0. The van der Waals surface area contributed by atoms with Gasteiger partial charge >= 0.3 is 0 Å². The van der Waals surface area contributed by atoms with E-state index in [9.17, 15) is 13.2 Å². The maximum Gasteiger partial charge on any atom is 0.187 e. The van der Waals surface area contributed by atoms with Crippen molar-refractivity contribution < 1.29 is 13.2 Å². The highest BCUT2D eigenvalue weighted by atomic mass is 32.2. The van der Waals surface area contributed by atoms with Crippen LogP contribution in [0.2, 0.25) is 0 Å². The molecule has 3 nitrogen and oxygen atoms in total. The lowest BCUT2D eigenvalue weighted by Gasteiger charge is -2.06. The van der Waals surface area contributed by atoms with Gasteiger partial charge in [-0.25, -0.2) is 8.42 Å². The first kappa shape index (κ1) is 12.8. The number of carbonyl (C=O) groups excluding carboxylic acids is 1. The molecule has 100 valence electrons. The van der Waals surface area contributed by atoms with E-state index in [-0.39, 0.29) is 10.7 Å². The molecule has 0 aliphatic carbocycles. The van der Waals surface area contributed by atoms with Crippen LogP contribution in [0.25, 0.3) is 10.5 Å². The summed E-state index contributed by atoms with van der Waals surface area (Å²) in [5, 5.41) is 0. The molecule has 0 N–H and O–H groups in total. The van der Waals surface area contributed by atoms with Crippen LogP contribution in [0.15, 0.2) is 60.7 Å². The van der Waals surface area contributed by atoms with Gasteiger partial charge in [-0.1, -0.05) is 60.7 Å². The van der Waals surface area contributed by atoms with E-state index in [1.165, 1.54) is 0 Å². The first-order valence-corrected chi connectivity index (χ1v) is 7.86. The van der Waals surface area contributed by atoms with Crippen molar-refractivity contribution in [2.75, 3.05) is 5.75 Å². The highest BCUT2D eigenvalue weighted by Gasteiger charge is 2.37. The fourth-order valence-corrected chi connectivity index (χ4v) is 4.08. The minimum Gasteiger partial charge on any atom is -0.293 e. The highest BCUT2D eigenvalue weighted by Crippen LogP contribution is 2.37. The Hall–Kier alpha value is -2.20. The summed E-state index contributed by atoms with van der Waals surface area (Å²) in [6.45, 7) is 0. The van der Waals surface area contributed by atoms with Gasteiger partial charge in [0.1, 0.15) is 5.75 Å². The van der Waals surface area contributed by atoms with E-state index in [1.807, 2.05) is 12.1 Å². The van der Waals surface area contributed by atoms with Crippen LogP contribution < -0.4 is 0 Å². The first-order valence-electron chi connectivity index (χ1n) is 6.21. The third-order valence-electron chi connectivity index (χ3n) is 3.24. The van der Waals surface area contributed by atoms with E-state index in [1.54, 1.807) is 48.5 Å². The minimum absolute atomic E-state index is 0.148. The van der Waals surface area contributed by atoms with Gasteiger partial charge in [0, 0.05) is 5.57 Å². The Morgan fingerprint density at radius 2 is 1.25 bits per heavy atom. The van der Waals surface area contributed by atoms with Gasteiger partial charge in [0.05, 0.1) is 4.91 Å². The molecular weight excluding hydrogens is 272 g/mol. The maximum absolute atomic E-state index is 12.3. The van der Waals surface area contributed by atoms with E-state index in [4.69, 9.17) is 0 Å². The number of allylic oxidation sites excluding steroid dienone is 1. The van der Waals surface area contributed by atoms with E-state index in [0.717, 1.165) is 0 Å². The van der Waals surface area contributed by atoms with Gasteiger partial charge in [-0.15, -0.1) is 0 Å². The van der Waals surface area contributed by atoms with Gasteiger partial charge in [0.15, 0.2) is 15.6 Å². The van der Waals surface area contributed by atoms with Crippen molar-refractivity contribution in [1.29, 1.82) is 0 Å². The van der Waals surface area contributed by atoms with Gasteiger partial charge in [0.25, 0.3) is 0 Å². The third kappa shape index (κ3) is 2.08. The Balaban J connectivity index is 2.33. The molecule has 20 heavy (non-hydrogen) atoms. The first-order chi connectivity index (χ1) is 9.59. The van der Waals surface area contributed by atoms with Crippen molar-refractivity contribution >= 4 is 26.1 Å². The van der Waals surface area contributed by atoms with Gasteiger partial charge in [0.2, 0.25) is 0 Å². The van der Waals surface area contributed by atoms with Crippen molar-refractivity contribution in [1.82, 2.24) is 0 Å². The lowest BCUT2D eigenvalue weighted by atomic mass is 10.00. The number of benzene rings is 2. The smallest absolute Gasteiger partial charge is 0.187 e. The molecule has 3 rings (SSSR count). The monoisotopic (exact) mass is 284 g/mol. The number of sulfone groups is 1. The topological polar surface area (TPSA) is 51.2 Å². The van der Waals surface area contributed by atoms with Crippen LogP contribution in [-0.2, 0) is 14.6 Å². The molecule has 1 aliphatic rings. The molecule has 0 amide bonds. The lowest BCUT2D eigenvalue weighted by Crippen LogP contribution is -2.06. The van der Waals surface area contributed by atoms with Crippen LogP contribution in [0.1, 0.15) is 11.1 Å². The Bertz CT molecular complexity index is 788. The fraction of sp³-hybridized carbons (Fsp3) is 0.0625. The molecule has 0 radical (unpaired) electrons. The van der Waals surface area contributed by atoms with E-state index in [2.05, 4.69) is 0 Å². The highest BCUT2D eigenvalue weighted by molar-refractivity contribution is 8.02. The van der Waals surface area contributed by atoms with Crippen LogP contribution in [0, 0.1) is 0 Å². The van der Waals surface area contributed by atoms with Gasteiger partial charge in [-0.3, -0.25) is 4.79 Å². The van der Waals surface area contributed by atoms with Crippen LogP contribution in [0.5, 0.6) is 0 Å². The summed E-state index contributed by atoms with van der Waals surface area (Å²) in [4.78, 5) is 12.3. The van der Waals surface area contributed by atoms with Crippen molar-refractivity contribution in [2.45, 2.75) is 0 Å². The molecule has 1 aliphatic heterocycles. The van der Waals surface area contributed by atoms with E-state index < -0.39 is 15.6 Å². The fourth-order valence-electron chi connectivity index (χ4n) is 2.41. The summed E-state index contributed by atoms with van der Waals surface area (Å²) in [5.41, 5.74) is 1.52. The minimum atomic E-state index is -3.56. The Kier molecular flexibility index (Phi) is 3.03. The van der Waals surface area contributed by atoms with E-state index in [0.29, 0.717) is 16.7 Å². The summed E-state index contributed by atoms with van der Waals surface area (Å²) in [6.07, 6.45) is 0. The number of hydrogen-bond acceptors (Lipinski definition) is 3. The Morgan fingerprint density at radius 1 is 0.750 bits per heavy atom. The normalized spacial score (nSPS) is 17.5. The quantitative estimate of drug-likeness (QED) is 0.851. The average Bonchev–Trinajstić information content (AvgIpc) is 2.70. The van der Waals surface area contributed by atoms with Crippen molar-refractivity contribution in [3.63, 3.8) is 0 Å². The predicted octanol–water partition coefficient (Wildman–Crippen LogP) is 2.55. The molecule has 0 fully saturated rings. The summed E-state index contributed by atoms with van der Waals surface area (Å²) in [7, 11) is -3.56. The number of carbonyl (C=O) groups is 1. The maximum atomic E-state index is 12.3. The summed E-state index contributed by atoms with van der Waals surface area (Å²) >= 11 is 0. The zero-order chi connectivity index (χ0) is 14.2. The van der Waals surface area contributed by atoms with Crippen LogP contribution in [0.3, 0.4) is 0 Å². The van der Waals surface area contributed by atoms with Gasteiger partial charge in [-0.05, 0) is 11.1 Å². The zero-order valence-corrected chi connectivity index (χ0v) is 11.4. The number of rotatable bonds is 2. The van der Waals surface area contributed by atoms with Crippen molar-refractivity contribution in [3.05, 3.63) is 71.8 Å². The molecule has 4 heteroatoms. The molecule has 0 saturated heterocycles. The van der Waals surface area contributed by atoms with Crippen LogP contribution in [-0.4, -0.2) is 20.0 Å². The Morgan fingerprint density at radius 3 is 1.80 bits per heavy atom. The van der Waals surface area contributed by atoms with Crippen LogP contribution in [0.4, 0.5) is 0 Å². The van der Waals surface area contributed by atoms with Gasteiger partial charge in [-0.2, -0.15) is 0 Å². The second kappa shape index (κ2) is 4.72. The number of Topliss-reactive ketones (excluding diaryl/α,β-unsaturated/α-hetero) is 1. The molecule has 0 spiro atoms. The van der Waals surface area contributed by atoms with Crippen molar-refractivity contribution in [2.24, 2.45) is 0 Å². The molecule has 2 aromatic carbocycles. The van der Waals surface area contributed by atoms with Crippen LogP contribution >= 0.6 is 0 Å². The second-order valence-electron chi connectivity index (χ2n) is 4.62. The number of ketones is 1. The molecular formula is C16H12O3S. The third-order valence-corrected chi connectivity index (χ3v) is 4.94. The standard InChI is InChI=1S/C16H12O3S/c17-14-11-20(18,19)16(13-9-5-2-6-10-13)15(14)12-7-3-1-4-8-12/h1-10H,11H2. The average molecular weight is 284 g/mol. The summed E-state index contributed by atoms with van der Waals surface area (Å²) in [6, 6.07) is 17.7. The van der Waals surface area contributed by atoms with Gasteiger partial charge < -0.3 is 0 Å². The van der Waals surface area contributed by atoms with E-state index >= 15 is 0 Å².